The number of para-hydroxylation sites is 1. The zero-order valence-corrected chi connectivity index (χ0v) is 21.3. The van der Waals surface area contributed by atoms with Gasteiger partial charge in [0.1, 0.15) is 4.90 Å². The first-order chi connectivity index (χ1) is 16.8. The number of nitro groups is 1. The highest BCUT2D eigenvalue weighted by atomic mass is 32.2. The van der Waals surface area contributed by atoms with E-state index in [9.17, 15) is 19.1 Å². The van der Waals surface area contributed by atoms with Gasteiger partial charge in [-0.25, -0.2) is 0 Å². The molecule has 0 bridgehead atoms. The van der Waals surface area contributed by atoms with E-state index < -0.39 is 15.7 Å². The standard InChI is InChI=1S/C25H32N2O7S/c1-5-17(25(28)34-6-2)15-26-12-11-18-13-22(32-3)23(33-4)14-19(18)21(26)16-35(31)24-10-8-7-9-20(24)27(29)30/h7-10,13-14,17,21H,5-6,11-12,15-16H2,1-4H3/t17?,21-,35-/m1/s1. The fourth-order valence-corrected chi connectivity index (χ4v) is 5.90. The van der Waals surface area contributed by atoms with Crippen LogP contribution in [0.2, 0.25) is 0 Å². The summed E-state index contributed by atoms with van der Waals surface area (Å²) in [5.74, 6) is 0.695. The molecule has 3 rings (SSSR count). The van der Waals surface area contributed by atoms with Crippen molar-refractivity contribution in [1.82, 2.24) is 4.90 Å². The molecule has 1 aliphatic heterocycles. The lowest BCUT2D eigenvalue weighted by molar-refractivity contribution is -0.387. The maximum atomic E-state index is 13.5. The van der Waals surface area contributed by atoms with Crippen LogP contribution in [0.5, 0.6) is 11.5 Å². The molecular weight excluding hydrogens is 472 g/mol. The summed E-state index contributed by atoms with van der Waals surface area (Å²) in [6.07, 6.45) is 1.32. The van der Waals surface area contributed by atoms with Gasteiger partial charge >= 0.3 is 5.97 Å². The summed E-state index contributed by atoms with van der Waals surface area (Å²) in [6.45, 7) is 5.09. The third-order valence-corrected chi connectivity index (χ3v) is 7.75. The van der Waals surface area contributed by atoms with E-state index in [1.807, 2.05) is 19.1 Å². The number of ether oxygens (including phenoxy) is 3. The van der Waals surface area contributed by atoms with Crippen LogP contribution in [0.25, 0.3) is 0 Å². The van der Waals surface area contributed by atoms with Crippen LogP contribution in [-0.2, 0) is 26.8 Å². The molecule has 0 aromatic heterocycles. The Morgan fingerprint density at radius 3 is 2.51 bits per heavy atom. The van der Waals surface area contributed by atoms with Gasteiger partial charge in [-0.05, 0) is 49.1 Å². The average molecular weight is 505 g/mol. The SMILES string of the molecule is CCOC(=O)C(CC)CN1CCc2cc(OC)c(OC)cc2[C@H]1C[S@@](=O)c1ccccc1[N+](=O)[O-]. The molecule has 2 aromatic rings. The largest absolute Gasteiger partial charge is 0.493 e. The van der Waals surface area contributed by atoms with E-state index in [1.54, 1.807) is 33.3 Å². The van der Waals surface area contributed by atoms with Crippen LogP contribution in [0.15, 0.2) is 41.3 Å². The fraction of sp³-hybridized carbons (Fsp3) is 0.480. The van der Waals surface area contributed by atoms with Crippen molar-refractivity contribution in [2.45, 2.75) is 37.6 Å². The van der Waals surface area contributed by atoms with Crippen LogP contribution in [0, 0.1) is 16.0 Å². The lowest BCUT2D eigenvalue weighted by atomic mass is 9.91. The predicted molar refractivity (Wildman–Crippen MR) is 132 cm³/mol. The first-order valence-electron chi connectivity index (χ1n) is 11.6. The molecule has 190 valence electrons. The number of fused-ring (bicyclic) bond motifs is 1. The monoisotopic (exact) mass is 504 g/mol. The van der Waals surface area contributed by atoms with Gasteiger partial charge in [0.25, 0.3) is 5.69 Å². The average Bonchev–Trinajstić information content (AvgIpc) is 2.87. The van der Waals surface area contributed by atoms with Crippen LogP contribution < -0.4 is 9.47 Å². The van der Waals surface area contributed by atoms with Crippen LogP contribution in [0.4, 0.5) is 5.69 Å². The minimum atomic E-state index is -1.66. The molecule has 2 aromatic carbocycles. The van der Waals surface area contributed by atoms with Crippen LogP contribution in [0.1, 0.15) is 37.4 Å². The summed E-state index contributed by atoms with van der Waals surface area (Å²) in [6, 6.07) is 9.56. The van der Waals surface area contributed by atoms with Crippen molar-refractivity contribution in [3.05, 3.63) is 57.6 Å². The minimum absolute atomic E-state index is 0.132. The molecule has 0 spiro atoms. The molecule has 0 fully saturated rings. The molecular formula is C25H32N2O7S. The number of benzene rings is 2. The second kappa shape index (κ2) is 12.1. The maximum absolute atomic E-state index is 13.5. The predicted octanol–water partition coefficient (Wildman–Crippen LogP) is 3.91. The molecule has 3 atom stereocenters. The Hall–Kier alpha value is -2.98. The smallest absolute Gasteiger partial charge is 0.310 e. The second-order valence-electron chi connectivity index (χ2n) is 8.26. The number of nitrogens with zero attached hydrogens (tertiary/aromatic N) is 2. The fourth-order valence-electron chi connectivity index (χ4n) is 4.44. The Bertz CT molecular complexity index is 1090. The van der Waals surface area contributed by atoms with E-state index in [1.165, 1.54) is 12.1 Å². The Morgan fingerprint density at radius 1 is 1.20 bits per heavy atom. The summed E-state index contributed by atoms with van der Waals surface area (Å²) in [5.41, 5.74) is 1.78. The number of rotatable bonds is 11. The maximum Gasteiger partial charge on any atom is 0.310 e. The van der Waals surface area contributed by atoms with Crippen LogP contribution >= 0.6 is 0 Å². The van der Waals surface area contributed by atoms with Gasteiger partial charge in [0.05, 0.1) is 42.5 Å². The molecule has 10 heteroatoms. The van der Waals surface area contributed by atoms with Gasteiger partial charge in [-0.1, -0.05) is 19.1 Å². The minimum Gasteiger partial charge on any atom is -0.493 e. The molecule has 0 saturated heterocycles. The van der Waals surface area contributed by atoms with Gasteiger partial charge in [0.2, 0.25) is 0 Å². The van der Waals surface area contributed by atoms with Gasteiger partial charge in [0, 0.05) is 31.0 Å². The quantitative estimate of drug-likeness (QED) is 0.257. The van der Waals surface area contributed by atoms with E-state index >= 15 is 0 Å². The number of methoxy groups -OCH3 is 2. The molecule has 1 unspecified atom stereocenters. The van der Waals surface area contributed by atoms with Gasteiger partial charge in [0.15, 0.2) is 11.5 Å². The van der Waals surface area contributed by atoms with E-state index in [0.717, 1.165) is 11.1 Å². The Balaban J connectivity index is 2.01. The molecule has 1 aliphatic rings. The number of carbonyl (C=O) groups excluding carboxylic acids is 1. The normalized spacial score (nSPS) is 17.2. The van der Waals surface area contributed by atoms with Crippen molar-refractivity contribution in [3.8, 4) is 11.5 Å². The summed E-state index contributed by atoms with van der Waals surface area (Å²) in [5, 5.41) is 11.5. The number of hydrogen-bond acceptors (Lipinski definition) is 8. The summed E-state index contributed by atoms with van der Waals surface area (Å²) >= 11 is 0. The molecule has 0 amide bonds. The van der Waals surface area contributed by atoms with Gasteiger partial charge in [-0.15, -0.1) is 0 Å². The van der Waals surface area contributed by atoms with E-state index in [0.29, 0.717) is 44.0 Å². The van der Waals surface area contributed by atoms with E-state index in [2.05, 4.69) is 4.90 Å². The van der Waals surface area contributed by atoms with Gasteiger partial charge in [-0.3, -0.25) is 24.0 Å². The number of hydrogen-bond donors (Lipinski definition) is 0. The molecule has 0 N–H and O–H groups in total. The number of esters is 1. The van der Waals surface area contributed by atoms with Crippen molar-refractivity contribution in [2.75, 3.05) is 39.7 Å². The zero-order chi connectivity index (χ0) is 25.5. The van der Waals surface area contributed by atoms with Crippen molar-refractivity contribution >= 4 is 22.5 Å². The molecule has 1 heterocycles. The van der Waals surface area contributed by atoms with Crippen molar-refractivity contribution in [3.63, 3.8) is 0 Å². The highest BCUT2D eigenvalue weighted by Gasteiger charge is 2.34. The summed E-state index contributed by atoms with van der Waals surface area (Å²) < 4.78 is 29.7. The van der Waals surface area contributed by atoms with Gasteiger partial charge in [-0.2, -0.15) is 0 Å². The third kappa shape index (κ3) is 5.99. The van der Waals surface area contributed by atoms with Crippen molar-refractivity contribution < 1.29 is 28.1 Å². The zero-order valence-electron chi connectivity index (χ0n) is 20.5. The Kier molecular flexibility index (Phi) is 9.22. The number of nitro benzene ring substituents is 1. The highest BCUT2D eigenvalue weighted by molar-refractivity contribution is 7.85. The van der Waals surface area contributed by atoms with E-state index in [-0.39, 0.29) is 34.3 Å². The molecule has 35 heavy (non-hydrogen) atoms. The Labute approximate surface area is 208 Å². The van der Waals surface area contributed by atoms with Gasteiger partial charge < -0.3 is 14.2 Å². The van der Waals surface area contributed by atoms with Crippen LogP contribution in [-0.4, -0.2) is 59.7 Å². The summed E-state index contributed by atoms with van der Waals surface area (Å²) in [7, 11) is 1.47. The van der Waals surface area contributed by atoms with Crippen molar-refractivity contribution in [2.24, 2.45) is 5.92 Å². The summed E-state index contributed by atoms with van der Waals surface area (Å²) in [4.78, 5) is 25.9. The molecule has 9 nitrogen and oxygen atoms in total. The molecule has 0 saturated carbocycles. The molecule has 0 radical (unpaired) electrons. The highest BCUT2D eigenvalue weighted by Crippen LogP contribution is 2.39. The topological polar surface area (TPSA) is 108 Å². The molecule has 0 aliphatic carbocycles. The van der Waals surface area contributed by atoms with Crippen LogP contribution in [0.3, 0.4) is 0 Å². The Morgan fingerprint density at radius 2 is 1.89 bits per heavy atom. The van der Waals surface area contributed by atoms with E-state index in [4.69, 9.17) is 14.2 Å². The number of carbonyl (C=O) groups is 1. The second-order valence-corrected chi connectivity index (χ2v) is 9.73. The first-order valence-corrected chi connectivity index (χ1v) is 12.9. The third-order valence-electron chi connectivity index (χ3n) is 6.30. The lowest BCUT2D eigenvalue weighted by Gasteiger charge is -2.39. The lowest BCUT2D eigenvalue weighted by Crippen LogP contribution is -2.42. The first kappa shape index (κ1) is 26.6. The van der Waals surface area contributed by atoms with Crippen molar-refractivity contribution in [1.29, 1.82) is 0 Å².